The van der Waals surface area contributed by atoms with Crippen molar-refractivity contribution in [2.24, 2.45) is 11.8 Å². The number of hydrogen-bond acceptors (Lipinski definition) is 8. The molecule has 1 aliphatic heterocycles. The van der Waals surface area contributed by atoms with Gasteiger partial charge in [-0.1, -0.05) is 26.8 Å². The van der Waals surface area contributed by atoms with Gasteiger partial charge in [0.2, 0.25) is 0 Å². The lowest BCUT2D eigenvalue weighted by Gasteiger charge is -2.27. The van der Waals surface area contributed by atoms with Crippen LogP contribution in [0, 0.1) is 17.7 Å². The molecule has 202 valence electrons. The Morgan fingerprint density at radius 3 is 2.61 bits per heavy atom. The van der Waals surface area contributed by atoms with Crippen molar-refractivity contribution >= 4 is 27.6 Å². The van der Waals surface area contributed by atoms with Gasteiger partial charge in [-0.2, -0.15) is 8.42 Å². The number of benzene rings is 1. The number of anilines is 2. The smallest absolute Gasteiger partial charge is 0.281 e. The molecule has 1 saturated heterocycles. The zero-order chi connectivity index (χ0) is 27.6. The third-order valence-electron chi connectivity index (χ3n) is 6.53. The predicted octanol–water partition coefficient (Wildman–Crippen LogP) is 4.25. The molecule has 9 nitrogen and oxygen atoms in total. The second kappa shape index (κ2) is 10.9. The SMILES string of the molecule is CC(C)COc1cc(F)cc(-c2ccc(C(=O)NS(=O)(=O)c3cccc(N)n3)c(N3CCC(C)C3C)n2)c1. The summed E-state index contributed by atoms with van der Waals surface area (Å²) >= 11 is 0. The number of carbonyl (C=O) groups excluding carboxylic acids is 1. The molecule has 0 spiro atoms. The lowest BCUT2D eigenvalue weighted by atomic mass is 10.0. The number of aromatic nitrogens is 2. The van der Waals surface area contributed by atoms with Crippen molar-refractivity contribution in [3.63, 3.8) is 0 Å². The first kappa shape index (κ1) is 27.3. The van der Waals surface area contributed by atoms with E-state index in [2.05, 4.69) is 16.6 Å². The lowest BCUT2D eigenvalue weighted by molar-refractivity contribution is 0.0981. The monoisotopic (exact) mass is 541 g/mol. The first-order valence-electron chi connectivity index (χ1n) is 12.5. The predicted molar refractivity (Wildman–Crippen MR) is 144 cm³/mol. The van der Waals surface area contributed by atoms with Crippen LogP contribution in [0.5, 0.6) is 5.75 Å². The number of ether oxygens (including phenoxy) is 1. The molecule has 0 radical (unpaired) electrons. The first-order chi connectivity index (χ1) is 17.9. The van der Waals surface area contributed by atoms with Crippen LogP contribution in [-0.4, -0.2) is 43.5 Å². The maximum atomic E-state index is 14.5. The summed E-state index contributed by atoms with van der Waals surface area (Å²) in [5.41, 5.74) is 6.61. The highest BCUT2D eigenvalue weighted by Crippen LogP contribution is 2.33. The maximum Gasteiger partial charge on any atom is 0.281 e. The maximum absolute atomic E-state index is 14.5. The Labute approximate surface area is 222 Å². The highest BCUT2D eigenvalue weighted by molar-refractivity contribution is 7.90. The minimum absolute atomic E-state index is 0.0127. The Bertz CT molecular complexity index is 1450. The van der Waals surface area contributed by atoms with Gasteiger partial charge in [-0.3, -0.25) is 4.79 Å². The second-order valence-corrected chi connectivity index (χ2v) is 11.6. The lowest BCUT2D eigenvalue weighted by Crippen LogP contribution is -2.35. The Balaban J connectivity index is 1.73. The van der Waals surface area contributed by atoms with Gasteiger partial charge in [0.05, 0.1) is 17.9 Å². The fourth-order valence-electron chi connectivity index (χ4n) is 4.27. The molecule has 3 heterocycles. The van der Waals surface area contributed by atoms with E-state index in [-0.39, 0.29) is 28.4 Å². The highest BCUT2D eigenvalue weighted by atomic mass is 32.2. The summed E-state index contributed by atoms with van der Waals surface area (Å²) in [6.07, 6.45) is 0.882. The molecule has 0 aliphatic carbocycles. The van der Waals surface area contributed by atoms with Crippen LogP contribution in [0.4, 0.5) is 16.0 Å². The number of nitrogens with zero attached hydrogens (tertiary/aromatic N) is 3. The van der Waals surface area contributed by atoms with Crippen LogP contribution in [0.25, 0.3) is 11.3 Å². The number of amides is 1. The fourth-order valence-corrected chi connectivity index (χ4v) is 5.21. The topological polar surface area (TPSA) is 128 Å². The van der Waals surface area contributed by atoms with E-state index in [9.17, 15) is 17.6 Å². The number of carbonyl (C=O) groups is 1. The van der Waals surface area contributed by atoms with Crippen LogP contribution in [0.15, 0.2) is 53.6 Å². The molecule has 2 unspecified atom stereocenters. The fraction of sp³-hybridized carbons (Fsp3) is 0.370. The number of hydrogen-bond donors (Lipinski definition) is 2. The summed E-state index contributed by atoms with van der Waals surface area (Å²) in [5, 5.41) is -0.367. The molecule has 2 aromatic heterocycles. The molecule has 1 aliphatic rings. The van der Waals surface area contributed by atoms with Crippen LogP contribution < -0.4 is 20.1 Å². The normalized spacial score (nSPS) is 17.6. The van der Waals surface area contributed by atoms with E-state index in [1.54, 1.807) is 12.1 Å². The molecular weight excluding hydrogens is 509 g/mol. The van der Waals surface area contributed by atoms with Gasteiger partial charge in [-0.25, -0.2) is 19.1 Å². The summed E-state index contributed by atoms with van der Waals surface area (Å²) in [5.74, 6) is -0.0166. The van der Waals surface area contributed by atoms with E-state index in [1.807, 2.05) is 25.7 Å². The van der Waals surface area contributed by atoms with E-state index in [0.717, 1.165) is 6.42 Å². The molecule has 1 fully saturated rings. The van der Waals surface area contributed by atoms with Gasteiger partial charge in [-0.15, -0.1) is 0 Å². The molecule has 2 atom stereocenters. The van der Waals surface area contributed by atoms with Gasteiger partial charge in [0, 0.05) is 24.2 Å². The van der Waals surface area contributed by atoms with E-state index in [4.69, 9.17) is 15.5 Å². The molecule has 3 N–H and O–H groups in total. The number of rotatable bonds is 8. The number of nitrogens with two attached hydrogens (primary N) is 1. The zero-order valence-electron chi connectivity index (χ0n) is 21.8. The van der Waals surface area contributed by atoms with E-state index in [1.165, 1.54) is 36.4 Å². The Morgan fingerprint density at radius 2 is 1.95 bits per heavy atom. The molecular formula is C27H32FN5O4S. The van der Waals surface area contributed by atoms with Gasteiger partial charge in [0.15, 0.2) is 5.03 Å². The summed E-state index contributed by atoms with van der Waals surface area (Å²) in [7, 11) is -4.28. The average Bonchev–Trinajstić information content (AvgIpc) is 3.19. The molecule has 11 heteroatoms. The minimum Gasteiger partial charge on any atom is -0.493 e. The van der Waals surface area contributed by atoms with Crippen molar-refractivity contribution in [3.05, 3.63) is 59.9 Å². The zero-order valence-corrected chi connectivity index (χ0v) is 22.6. The minimum atomic E-state index is -4.28. The summed E-state index contributed by atoms with van der Waals surface area (Å²) in [6.45, 7) is 9.20. The molecule has 0 bridgehead atoms. The van der Waals surface area contributed by atoms with Crippen LogP contribution >= 0.6 is 0 Å². The third kappa shape index (κ3) is 6.04. The summed E-state index contributed by atoms with van der Waals surface area (Å²) < 4.78 is 48.0. The summed E-state index contributed by atoms with van der Waals surface area (Å²) in [6, 6.07) is 11.6. The van der Waals surface area contributed by atoms with Crippen molar-refractivity contribution in [1.29, 1.82) is 0 Å². The Kier molecular flexibility index (Phi) is 7.86. The standard InChI is InChI=1S/C27H32FN5O4S/c1-16(2)15-37-21-13-19(12-20(28)14-21)23-9-8-22(26(30-23)33-11-10-17(3)18(33)4)27(34)32-38(35,36)25-7-5-6-24(29)31-25/h5-9,12-14,16-18H,10-11,15H2,1-4H3,(H2,29,31)(H,32,34). The van der Waals surface area contributed by atoms with Crippen LogP contribution in [-0.2, 0) is 10.0 Å². The number of nitrogen functional groups attached to an aromatic ring is 1. The van der Waals surface area contributed by atoms with Crippen molar-refractivity contribution in [1.82, 2.24) is 14.7 Å². The molecule has 1 aromatic carbocycles. The van der Waals surface area contributed by atoms with Gasteiger partial charge in [0.25, 0.3) is 15.9 Å². The summed E-state index contributed by atoms with van der Waals surface area (Å²) in [4.78, 5) is 23.8. The van der Waals surface area contributed by atoms with Crippen LogP contribution in [0.1, 0.15) is 44.5 Å². The molecule has 0 saturated carbocycles. The molecule has 1 amide bonds. The second-order valence-electron chi connectivity index (χ2n) is 9.98. The Hall–Kier alpha value is -3.73. The molecule has 38 heavy (non-hydrogen) atoms. The number of halogens is 1. The molecule has 3 aromatic rings. The van der Waals surface area contributed by atoms with Gasteiger partial charge in [0.1, 0.15) is 23.2 Å². The number of nitrogens with one attached hydrogen (secondary N) is 1. The van der Waals surface area contributed by atoms with Crippen molar-refractivity contribution < 1.29 is 22.3 Å². The van der Waals surface area contributed by atoms with Crippen molar-refractivity contribution in [2.75, 3.05) is 23.8 Å². The highest BCUT2D eigenvalue weighted by Gasteiger charge is 2.32. The first-order valence-corrected chi connectivity index (χ1v) is 13.9. The average molecular weight is 542 g/mol. The van der Waals surface area contributed by atoms with E-state index < -0.39 is 21.7 Å². The van der Waals surface area contributed by atoms with E-state index in [0.29, 0.717) is 41.9 Å². The quantitative estimate of drug-likeness (QED) is 0.433. The largest absolute Gasteiger partial charge is 0.493 e. The van der Waals surface area contributed by atoms with Gasteiger partial charge in [-0.05, 0) is 61.6 Å². The van der Waals surface area contributed by atoms with E-state index >= 15 is 0 Å². The van der Waals surface area contributed by atoms with Crippen LogP contribution in [0.2, 0.25) is 0 Å². The number of pyridine rings is 2. The van der Waals surface area contributed by atoms with Crippen LogP contribution in [0.3, 0.4) is 0 Å². The number of sulfonamides is 1. The van der Waals surface area contributed by atoms with Crippen molar-refractivity contribution in [3.8, 4) is 17.0 Å². The van der Waals surface area contributed by atoms with Gasteiger partial charge >= 0.3 is 0 Å². The van der Waals surface area contributed by atoms with Crippen molar-refractivity contribution in [2.45, 2.75) is 45.2 Å². The van der Waals surface area contributed by atoms with Gasteiger partial charge < -0.3 is 15.4 Å². The Morgan fingerprint density at radius 1 is 1.18 bits per heavy atom. The molecule has 4 rings (SSSR count). The third-order valence-corrected chi connectivity index (χ3v) is 7.76.